The molecule has 0 aliphatic heterocycles. The second kappa shape index (κ2) is 5.27. The molecular formula is C15H13NO2. The summed E-state index contributed by atoms with van der Waals surface area (Å²) in [5.41, 5.74) is 1.37. The maximum Gasteiger partial charge on any atom is 0.187 e. The normalized spacial score (nSPS) is 11.3. The fourth-order valence-electron chi connectivity index (χ4n) is 1.60. The fourth-order valence-corrected chi connectivity index (χ4v) is 1.60. The molecule has 2 aromatic rings. The van der Waals surface area contributed by atoms with Crippen molar-refractivity contribution < 1.29 is 4.79 Å². The van der Waals surface area contributed by atoms with Crippen LogP contribution in [0.4, 0.5) is 0 Å². The van der Waals surface area contributed by atoms with E-state index in [1.807, 2.05) is 25.1 Å². The summed E-state index contributed by atoms with van der Waals surface area (Å²) < 4.78 is 1.74. The smallest absolute Gasteiger partial charge is 0.187 e. The largest absolute Gasteiger partial charge is 0.327 e. The van der Waals surface area contributed by atoms with E-state index < -0.39 is 0 Å². The molecule has 1 aromatic heterocycles. The first kappa shape index (κ1) is 12.0. The molecule has 3 nitrogen and oxygen atoms in total. The van der Waals surface area contributed by atoms with Crippen LogP contribution in [0.25, 0.3) is 5.70 Å². The molecule has 0 atom stereocenters. The number of carbonyl (C=O) groups is 1. The number of aromatic nitrogens is 1. The lowest BCUT2D eigenvalue weighted by molar-refractivity contribution is 0.104. The average molecular weight is 239 g/mol. The van der Waals surface area contributed by atoms with Gasteiger partial charge >= 0.3 is 0 Å². The van der Waals surface area contributed by atoms with E-state index >= 15 is 0 Å². The molecule has 3 heteroatoms. The van der Waals surface area contributed by atoms with Gasteiger partial charge in [-0.1, -0.05) is 30.3 Å². The van der Waals surface area contributed by atoms with E-state index in [2.05, 4.69) is 0 Å². The first-order chi connectivity index (χ1) is 8.66. The standard InChI is InChI=1S/C15H13NO2/c1-12(16-9-7-14(17)8-10-16)11-15(18)13-5-3-2-4-6-13/h2-11H,1H3/b12-11-. The van der Waals surface area contributed by atoms with Gasteiger partial charge in [0, 0.05) is 41.9 Å². The van der Waals surface area contributed by atoms with E-state index in [-0.39, 0.29) is 11.2 Å². The summed E-state index contributed by atoms with van der Waals surface area (Å²) in [5, 5.41) is 0. The Hall–Kier alpha value is -2.42. The number of rotatable bonds is 3. The van der Waals surface area contributed by atoms with Crippen molar-refractivity contribution in [3.63, 3.8) is 0 Å². The highest BCUT2D eigenvalue weighted by Crippen LogP contribution is 2.06. The number of ketones is 1. The molecule has 1 heterocycles. The third-order valence-electron chi connectivity index (χ3n) is 2.60. The molecular weight excluding hydrogens is 226 g/mol. The number of carbonyl (C=O) groups excluding carboxylic acids is 1. The van der Waals surface area contributed by atoms with Crippen LogP contribution in [0.1, 0.15) is 17.3 Å². The van der Waals surface area contributed by atoms with Crippen molar-refractivity contribution in [2.75, 3.05) is 0 Å². The maximum absolute atomic E-state index is 11.9. The Morgan fingerprint density at radius 2 is 1.67 bits per heavy atom. The van der Waals surface area contributed by atoms with Crippen LogP contribution in [-0.2, 0) is 0 Å². The molecule has 18 heavy (non-hydrogen) atoms. The summed E-state index contributed by atoms with van der Waals surface area (Å²) in [4.78, 5) is 22.9. The fraction of sp³-hybridized carbons (Fsp3) is 0.0667. The Morgan fingerprint density at radius 3 is 2.28 bits per heavy atom. The number of hydrogen-bond acceptors (Lipinski definition) is 2. The van der Waals surface area contributed by atoms with Crippen LogP contribution in [0.2, 0.25) is 0 Å². The highest BCUT2D eigenvalue weighted by atomic mass is 16.1. The van der Waals surface area contributed by atoms with E-state index in [1.165, 1.54) is 12.1 Å². The van der Waals surface area contributed by atoms with Crippen molar-refractivity contribution in [2.24, 2.45) is 0 Å². The first-order valence-corrected chi connectivity index (χ1v) is 5.63. The van der Waals surface area contributed by atoms with Gasteiger partial charge in [0.2, 0.25) is 0 Å². The van der Waals surface area contributed by atoms with Crippen molar-refractivity contribution in [3.8, 4) is 0 Å². The lowest BCUT2D eigenvalue weighted by Gasteiger charge is -2.05. The molecule has 0 fully saturated rings. The van der Waals surface area contributed by atoms with Crippen molar-refractivity contribution in [2.45, 2.75) is 6.92 Å². The van der Waals surface area contributed by atoms with Crippen molar-refractivity contribution in [3.05, 3.63) is 76.7 Å². The van der Waals surface area contributed by atoms with E-state index in [0.29, 0.717) is 5.56 Å². The number of nitrogens with zero attached hydrogens (tertiary/aromatic N) is 1. The second-order valence-corrected chi connectivity index (χ2v) is 3.96. The van der Waals surface area contributed by atoms with Gasteiger partial charge in [0.15, 0.2) is 11.2 Å². The Balaban J connectivity index is 2.26. The molecule has 90 valence electrons. The van der Waals surface area contributed by atoms with Gasteiger partial charge in [-0.05, 0) is 6.92 Å². The van der Waals surface area contributed by atoms with Crippen LogP contribution in [0, 0.1) is 0 Å². The Kier molecular flexibility index (Phi) is 3.53. The predicted octanol–water partition coefficient (Wildman–Crippen LogP) is 2.59. The molecule has 0 saturated carbocycles. The Morgan fingerprint density at radius 1 is 1.06 bits per heavy atom. The van der Waals surface area contributed by atoms with Crippen LogP contribution in [0.5, 0.6) is 0 Å². The third kappa shape index (κ3) is 2.83. The second-order valence-electron chi connectivity index (χ2n) is 3.96. The summed E-state index contributed by atoms with van der Waals surface area (Å²) in [6, 6.07) is 12.0. The summed E-state index contributed by atoms with van der Waals surface area (Å²) in [6.07, 6.45) is 4.85. The zero-order chi connectivity index (χ0) is 13.0. The Bertz CT molecular complexity index is 619. The van der Waals surface area contributed by atoms with E-state index in [1.54, 1.807) is 35.2 Å². The van der Waals surface area contributed by atoms with Crippen LogP contribution < -0.4 is 5.43 Å². The molecule has 0 amide bonds. The quantitative estimate of drug-likeness (QED) is 0.610. The molecule has 0 saturated heterocycles. The summed E-state index contributed by atoms with van der Waals surface area (Å²) >= 11 is 0. The van der Waals surface area contributed by atoms with Gasteiger partial charge in [-0.25, -0.2) is 0 Å². The predicted molar refractivity (Wildman–Crippen MR) is 71.4 cm³/mol. The summed E-state index contributed by atoms with van der Waals surface area (Å²) in [7, 11) is 0. The molecule has 0 aliphatic rings. The average Bonchev–Trinajstić information content (AvgIpc) is 2.40. The minimum atomic E-state index is -0.0493. The zero-order valence-corrected chi connectivity index (χ0v) is 10.0. The molecule has 0 N–H and O–H groups in total. The van der Waals surface area contributed by atoms with E-state index in [0.717, 1.165) is 5.70 Å². The summed E-state index contributed by atoms with van der Waals surface area (Å²) in [5.74, 6) is -0.0493. The van der Waals surface area contributed by atoms with Gasteiger partial charge in [-0.2, -0.15) is 0 Å². The summed E-state index contributed by atoms with van der Waals surface area (Å²) in [6.45, 7) is 1.82. The van der Waals surface area contributed by atoms with E-state index in [4.69, 9.17) is 0 Å². The number of allylic oxidation sites excluding steroid dienone is 2. The van der Waals surface area contributed by atoms with Gasteiger partial charge in [-0.15, -0.1) is 0 Å². The maximum atomic E-state index is 11.9. The number of benzene rings is 1. The monoisotopic (exact) mass is 239 g/mol. The molecule has 2 rings (SSSR count). The Labute approximate surface area is 105 Å². The number of hydrogen-bond donors (Lipinski definition) is 0. The molecule has 0 radical (unpaired) electrons. The van der Waals surface area contributed by atoms with Gasteiger partial charge in [0.1, 0.15) is 0 Å². The first-order valence-electron chi connectivity index (χ1n) is 5.63. The van der Waals surface area contributed by atoms with Crippen molar-refractivity contribution in [1.29, 1.82) is 0 Å². The lowest BCUT2D eigenvalue weighted by Crippen LogP contribution is -2.03. The third-order valence-corrected chi connectivity index (χ3v) is 2.60. The highest BCUT2D eigenvalue weighted by Gasteiger charge is 2.02. The van der Waals surface area contributed by atoms with Gasteiger partial charge in [-0.3, -0.25) is 9.59 Å². The minimum absolute atomic E-state index is 0.0477. The van der Waals surface area contributed by atoms with E-state index in [9.17, 15) is 9.59 Å². The van der Waals surface area contributed by atoms with Gasteiger partial charge < -0.3 is 4.57 Å². The van der Waals surface area contributed by atoms with Gasteiger partial charge in [0.05, 0.1) is 0 Å². The number of pyridine rings is 1. The molecule has 0 bridgehead atoms. The topological polar surface area (TPSA) is 39.1 Å². The minimum Gasteiger partial charge on any atom is -0.327 e. The van der Waals surface area contributed by atoms with Crippen LogP contribution in [0.15, 0.2) is 65.7 Å². The molecule has 0 unspecified atom stereocenters. The van der Waals surface area contributed by atoms with Crippen LogP contribution in [-0.4, -0.2) is 10.4 Å². The SMILES string of the molecule is C/C(=C/C(=O)c1ccccc1)n1ccc(=O)cc1. The molecule has 1 aromatic carbocycles. The van der Waals surface area contributed by atoms with Crippen molar-refractivity contribution >= 4 is 11.5 Å². The van der Waals surface area contributed by atoms with Gasteiger partial charge in [0.25, 0.3) is 0 Å². The highest BCUT2D eigenvalue weighted by molar-refractivity contribution is 6.07. The van der Waals surface area contributed by atoms with Crippen LogP contribution >= 0.6 is 0 Å². The lowest BCUT2D eigenvalue weighted by atomic mass is 10.1. The van der Waals surface area contributed by atoms with Crippen LogP contribution in [0.3, 0.4) is 0 Å². The van der Waals surface area contributed by atoms with Crippen molar-refractivity contribution in [1.82, 2.24) is 4.57 Å². The molecule has 0 spiro atoms. The zero-order valence-electron chi connectivity index (χ0n) is 10.0. The molecule has 0 aliphatic carbocycles.